The molecule has 0 amide bonds. The van der Waals surface area contributed by atoms with E-state index in [1.165, 1.54) is 11.1 Å². The monoisotopic (exact) mass is 347 g/mol. The normalized spacial score (nSPS) is 10.8. The largest absolute Gasteiger partial charge is 0.359 e. The van der Waals surface area contributed by atoms with Crippen LogP contribution in [0.1, 0.15) is 30.9 Å². The van der Waals surface area contributed by atoms with Crippen LogP contribution >= 0.6 is 0 Å². The van der Waals surface area contributed by atoms with Crippen molar-refractivity contribution in [3.8, 4) is 0 Å². The first-order valence-electron chi connectivity index (χ1n) is 8.92. The SMILES string of the molecule is CC(C)c1ccccc1Nc1nccc(N(C)CCc2ccncc2)n1. The molecule has 0 aliphatic heterocycles. The standard InChI is InChI=1S/C21H25N5/c1-16(2)18-6-4-5-7-19(18)24-21-23-14-10-20(25-21)26(3)15-11-17-8-12-22-13-9-17/h4-10,12-14,16H,11,15H2,1-3H3,(H,23,24,25). The molecule has 3 aromatic rings. The lowest BCUT2D eigenvalue weighted by atomic mass is 10.0. The molecule has 0 saturated carbocycles. The number of hydrogen-bond donors (Lipinski definition) is 1. The average molecular weight is 347 g/mol. The van der Waals surface area contributed by atoms with Crippen LogP contribution in [-0.2, 0) is 6.42 Å². The number of rotatable bonds is 7. The molecule has 2 heterocycles. The third-order valence-electron chi connectivity index (χ3n) is 4.35. The van der Waals surface area contributed by atoms with Crippen molar-refractivity contribution in [1.29, 1.82) is 0 Å². The number of pyridine rings is 1. The predicted molar refractivity (Wildman–Crippen MR) is 107 cm³/mol. The van der Waals surface area contributed by atoms with Gasteiger partial charge in [-0.15, -0.1) is 0 Å². The maximum Gasteiger partial charge on any atom is 0.229 e. The van der Waals surface area contributed by atoms with Crippen molar-refractivity contribution in [3.63, 3.8) is 0 Å². The van der Waals surface area contributed by atoms with Crippen molar-refractivity contribution in [2.24, 2.45) is 0 Å². The molecule has 2 aromatic heterocycles. The van der Waals surface area contributed by atoms with Gasteiger partial charge in [-0.2, -0.15) is 4.98 Å². The maximum atomic E-state index is 4.67. The Balaban J connectivity index is 1.70. The van der Waals surface area contributed by atoms with E-state index in [0.29, 0.717) is 11.9 Å². The molecule has 134 valence electrons. The van der Waals surface area contributed by atoms with E-state index in [1.807, 2.05) is 36.7 Å². The van der Waals surface area contributed by atoms with Crippen LogP contribution in [0.25, 0.3) is 0 Å². The van der Waals surface area contributed by atoms with Crippen molar-refractivity contribution in [1.82, 2.24) is 15.0 Å². The van der Waals surface area contributed by atoms with Gasteiger partial charge in [0.05, 0.1) is 0 Å². The van der Waals surface area contributed by atoms with E-state index in [9.17, 15) is 0 Å². The number of para-hydroxylation sites is 1. The topological polar surface area (TPSA) is 53.9 Å². The third kappa shape index (κ3) is 4.57. The van der Waals surface area contributed by atoms with Gasteiger partial charge in [0.25, 0.3) is 0 Å². The molecule has 0 bridgehead atoms. The number of nitrogens with one attached hydrogen (secondary N) is 1. The predicted octanol–water partition coefficient (Wildman–Crippen LogP) is 4.42. The van der Waals surface area contributed by atoms with Crippen LogP contribution in [0, 0.1) is 0 Å². The Kier molecular flexibility index (Phi) is 5.79. The first kappa shape index (κ1) is 17.9. The number of anilines is 3. The molecule has 0 aliphatic rings. The molecule has 0 aliphatic carbocycles. The van der Waals surface area contributed by atoms with E-state index >= 15 is 0 Å². The number of nitrogens with zero attached hydrogens (tertiary/aromatic N) is 4. The average Bonchev–Trinajstić information content (AvgIpc) is 2.67. The fraction of sp³-hybridized carbons (Fsp3) is 0.286. The summed E-state index contributed by atoms with van der Waals surface area (Å²) < 4.78 is 0. The minimum Gasteiger partial charge on any atom is -0.359 e. The second-order valence-electron chi connectivity index (χ2n) is 6.63. The number of hydrogen-bond acceptors (Lipinski definition) is 5. The quantitative estimate of drug-likeness (QED) is 0.686. The Morgan fingerprint density at radius 1 is 1.00 bits per heavy atom. The lowest BCUT2D eigenvalue weighted by Crippen LogP contribution is -2.21. The molecular weight excluding hydrogens is 322 g/mol. The van der Waals surface area contributed by atoms with Crippen molar-refractivity contribution in [2.75, 3.05) is 23.8 Å². The Labute approximate surface area is 155 Å². The molecule has 0 spiro atoms. The van der Waals surface area contributed by atoms with Gasteiger partial charge in [0, 0.05) is 37.9 Å². The first-order valence-corrected chi connectivity index (χ1v) is 8.92. The minimum atomic E-state index is 0.435. The fourth-order valence-electron chi connectivity index (χ4n) is 2.82. The zero-order valence-corrected chi connectivity index (χ0v) is 15.6. The molecule has 1 aromatic carbocycles. The third-order valence-corrected chi connectivity index (χ3v) is 4.35. The summed E-state index contributed by atoms with van der Waals surface area (Å²) in [5, 5.41) is 3.37. The summed E-state index contributed by atoms with van der Waals surface area (Å²) in [7, 11) is 2.05. The highest BCUT2D eigenvalue weighted by Gasteiger charge is 2.09. The highest BCUT2D eigenvalue weighted by molar-refractivity contribution is 5.60. The first-order chi connectivity index (χ1) is 12.6. The van der Waals surface area contributed by atoms with Crippen LogP contribution < -0.4 is 10.2 Å². The molecule has 3 rings (SSSR count). The highest BCUT2D eigenvalue weighted by atomic mass is 15.2. The van der Waals surface area contributed by atoms with Gasteiger partial charge < -0.3 is 10.2 Å². The molecule has 0 radical (unpaired) electrons. The van der Waals surface area contributed by atoms with Gasteiger partial charge in [-0.1, -0.05) is 32.0 Å². The van der Waals surface area contributed by atoms with E-state index in [2.05, 4.69) is 64.3 Å². The molecule has 0 fully saturated rings. The second-order valence-corrected chi connectivity index (χ2v) is 6.63. The minimum absolute atomic E-state index is 0.435. The molecule has 0 atom stereocenters. The van der Waals surface area contributed by atoms with Gasteiger partial charge in [-0.25, -0.2) is 4.98 Å². The van der Waals surface area contributed by atoms with Gasteiger partial charge in [0.15, 0.2) is 0 Å². The van der Waals surface area contributed by atoms with Crippen LogP contribution in [0.5, 0.6) is 0 Å². The Morgan fingerprint density at radius 2 is 1.77 bits per heavy atom. The van der Waals surface area contributed by atoms with Crippen LogP contribution in [0.2, 0.25) is 0 Å². The van der Waals surface area contributed by atoms with Crippen molar-refractivity contribution >= 4 is 17.5 Å². The summed E-state index contributed by atoms with van der Waals surface area (Å²) in [4.78, 5) is 15.3. The van der Waals surface area contributed by atoms with Crippen LogP contribution in [0.3, 0.4) is 0 Å². The van der Waals surface area contributed by atoms with Crippen LogP contribution in [-0.4, -0.2) is 28.5 Å². The summed E-state index contributed by atoms with van der Waals surface area (Å²) >= 11 is 0. The van der Waals surface area contributed by atoms with Gasteiger partial charge in [-0.05, 0) is 47.7 Å². The van der Waals surface area contributed by atoms with Crippen molar-refractivity contribution in [3.05, 3.63) is 72.2 Å². The maximum absolute atomic E-state index is 4.67. The number of likely N-dealkylation sites (N-methyl/N-ethyl adjacent to an activating group) is 1. The van der Waals surface area contributed by atoms with Crippen molar-refractivity contribution < 1.29 is 0 Å². The van der Waals surface area contributed by atoms with E-state index in [4.69, 9.17) is 0 Å². The lowest BCUT2D eigenvalue weighted by molar-refractivity contribution is 0.854. The molecular formula is C21H25N5. The van der Waals surface area contributed by atoms with E-state index < -0.39 is 0 Å². The smallest absolute Gasteiger partial charge is 0.229 e. The van der Waals surface area contributed by atoms with E-state index in [1.54, 1.807) is 6.20 Å². The zero-order chi connectivity index (χ0) is 18.4. The number of aromatic nitrogens is 3. The molecule has 1 N–H and O–H groups in total. The molecule has 0 saturated heterocycles. The summed E-state index contributed by atoms with van der Waals surface area (Å²) in [6.45, 7) is 5.25. The molecule has 26 heavy (non-hydrogen) atoms. The molecule has 0 unspecified atom stereocenters. The summed E-state index contributed by atoms with van der Waals surface area (Å²) in [6, 6.07) is 14.3. The van der Waals surface area contributed by atoms with Crippen LogP contribution in [0.4, 0.5) is 17.5 Å². The van der Waals surface area contributed by atoms with Gasteiger partial charge in [-0.3, -0.25) is 4.98 Å². The fourth-order valence-corrected chi connectivity index (χ4v) is 2.82. The van der Waals surface area contributed by atoms with Crippen LogP contribution in [0.15, 0.2) is 61.1 Å². The Morgan fingerprint density at radius 3 is 2.54 bits per heavy atom. The van der Waals surface area contributed by atoms with Gasteiger partial charge >= 0.3 is 0 Å². The van der Waals surface area contributed by atoms with E-state index in [-0.39, 0.29) is 0 Å². The Bertz CT molecular complexity index is 833. The summed E-state index contributed by atoms with van der Waals surface area (Å²) in [5.41, 5.74) is 3.58. The summed E-state index contributed by atoms with van der Waals surface area (Å²) in [5.74, 6) is 1.95. The molecule has 5 heteroatoms. The van der Waals surface area contributed by atoms with Gasteiger partial charge in [0.2, 0.25) is 5.95 Å². The number of benzene rings is 1. The van der Waals surface area contributed by atoms with Crippen molar-refractivity contribution in [2.45, 2.75) is 26.2 Å². The highest BCUT2D eigenvalue weighted by Crippen LogP contribution is 2.26. The zero-order valence-electron chi connectivity index (χ0n) is 15.6. The Hall–Kier alpha value is -2.95. The second kappa shape index (κ2) is 8.43. The van der Waals surface area contributed by atoms with E-state index in [0.717, 1.165) is 24.5 Å². The lowest BCUT2D eigenvalue weighted by Gasteiger charge is -2.19. The van der Waals surface area contributed by atoms with Gasteiger partial charge in [0.1, 0.15) is 5.82 Å². The molecule has 5 nitrogen and oxygen atoms in total. The summed E-state index contributed by atoms with van der Waals surface area (Å²) in [6.07, 6.45) is 6.40.